The molecule has 1 saturated heterocycles. The van der Waals surface area contributed by atoms with E-state index in [1.54, 1.807) is 11.3 Å². The fourth-order valence-corrected chi connectivity index (χ4v) is 3.56. The summed E-state index contributed by atoms with van der Waals surface area (Å²) in [6, 6.07) is 10.1. The average molecular weight is 300 g/mol. The first kappa shape index (κ1) is 12.8. The van der Waals surface area contributed by atoms with E-state index in [4.69, 9.17) is 0 Å². The highest BCUT2D eigenvalue weighted by molar-refractivity contribution is 7.20. The van der Waals surface area contributed by atoms with Crippen molar-refractivity contribution >= 4 is 21.4 Å². The van der Waals surface area contributed by atoms with E-state index in [1.807, 2.05) is 28.9 Å². The summed E-state index contributed by atoms with van der Waals surface area (Å²) in [5, 5.41) is 15.2. The highest BCUT2D eigenvalue weighted by Gasteiger charge is 2.20. The van der Waals surface area contributed by atoms with Crippen LogP contribution in [0, 0.1) is 0 Å². The molecular formula is C15H16N4OS. The van der Waals surface area contributed by atoms with Gasteiger partial charge in [-0.3, -0.25) is 0 Å². The molecule has 0 saturated carbocycles. The molecule has 4 rings (SSSR count). The predicted octanol–water partition coefficient (Wildman–Crippen LogP) is 2.42. The zero-order chi connectivity index (χ0) is 14.2. The molecule has 1 N–H and O–H groups in total. The Morgan fingerprint density at radius 2 is 1.90 bits per heavy atom. The third kappa shape index (κ3) is 2.41. The summed E-state index contributed by atoms with van der Waals surface area (Å²) in [7, 11) is 0. The van der Waals surface area contributed by atoms with Gasteiger partial charge in [0.25, 0.3) is 0 Å². The molecule has 5 nitrogen and oxygen atoms in total. The Morgan fingerprint density at radius 1 is 1.14 bits per heavy atom. The van der Waals surface area contributed by atoms with Crippen LogP contribution in [-0.2, 0) is 0 Å². The molecule has 0 radical (unpaired) electrons. The van der Waals surface area contributed by atoms with Crippen LogP contribution < -0.4 is 4.90 Å². The number of imidazole rings is 1. The molecule has 0 atom stereocenters. The number of anilines is 1. The van der Waals surface area contributed by atoms with Crippen molar-refractivity contribution in [3.8, 4) is 11.3 Å². The van der Waals surface area contributed by atoms with E-state index in [0.29, 0.717) is 0 Å². The van der Waals surface area contributed by atoms with Crippen molar-refractivity contribution < 1.29 is 5.11 Å². The Morgan fingerprint density at radius 3 is 2.62 bits per heavy atom. The molecule has 1 aliphatic heterocycles. The summed E-state index contributed by atoms with van der Waals surface area (Å²) in [6.45, 7) is 1.73. The monoisotopic (exact) mass is 300 g/mol. The summed E-state index contributed by atoms with van der Waals surface area (Å²) in [4.78, 5) is 7.80. The fraction of sp³-hybridized carbons (Fsp3) is 0.333. The number of aliphatic hydroxyl groups is 1. The lowest BCUT2D eigenvalue weighted by atomic mass is 10.1. The van der Waals surface area contributed by atoms with Gasteiger partial charge in [0.15, 0.2) is 0 Å². The van der Waals surface area contributed by atoms with Crippen LogP contribution in [0.5, 0.6) is 0 Å². The van der Waals surface area contributed by atoms with E-state index >= 15 is 0 Å². The Kier molecular flexibility index (Phi) is 3.12. The fourth-order valence-electron chi connectivity index (χ4n) is 2.62. The minimum Gasteiger partial charge on any atom is -0.393 e. The van der Waals surface area contributed by atoms with Gasteiger partial charge >= 0.3 is 0 Å². The molecule has 108 valence electrons. The number of aliphatic hydroxyl groups excluding tert-OH is 1. The van der Waals surface area contributed by atoms with Crippen molar-refractivity contribution in [2.24, 2.45) is 0 Å². The van der Waals surface area contributed by atoms with Crippen LogP contribution in [0.3, 0.4) is 0 Å². The number of hydrogen-bond donors (Lipinski definition) is 1. The summed E-state index contributed by atoms with van der Waals surface area (Å²) < 4.78 is 1.85. The number of hydrogen-bond acceptors (Lipinski definition) is 5. The third-order valence-corrected chi connectivity index (χ3v) is 4.82. The minimum absolute atomic E-state index is 0.157. The summed E-state index contributed by atoms with van der Waals surface area (Å²) in [5.41, 5.74) is 2.06. The van der Waals surface area contributed by atoms with Crippen LogP contribution in [0.15, 0.2) is 36.5 Å². The zero-order valence-corrected chi connectivity index (χ0v) is 12.3. The van der Waals surface area contributed by atoms with Crippen molar-refractivity contribution in [3.05, 3.63) is 36.5 Å². The predicted molar refractivity (Wildman–Crippen MR) is 83.8 cm³/mol. The van der Waals surface area contributed by atoms with Crippen molar-refractivity contribution in [1.29, 1.82) is 0 Å². The third-order valence-electron chi connectivity index (χ3n) is 3.84. The van der Waals surface area contributed by atoms with Crippen LogP contribution >= 0.6 is 11.3 Å². The van der Waals surface area contributed by atoms with Gasteiger partial charge in [0.1, 0.15) is 0 Å². The molecule has 6 heteroatoms. The molecule has 1 aromatic carbocycles. The molecular weight excluding hydrogens is 284 g/mol. The van der Waals surface area contributed by atoms with E-state index in [0.717, 1.165) is 47.3 Å². The van der Waals surface area contributed by atoms with Gasteiger partial charge in [-0.1, -0.05) is 41.7 Å². The van der Waals surface area contributed by atoms with Gasteiger partial charge in [0.05, 0.1) is 18.0 Å². The van der Waals surface area contributed by atoms with Crippen molar-refractivity contribution in [2.45, 2.75) is 18.9 Å². The van der Waals surface area contributed by atoms with E-state index in [-0.39, 0.29) is 6.10 Å². The maximum Gasteiger partial charge on any atom is 0.214 e. The second-order valence-electron chi connectivity index (χ2n) is 5.32. The average Bonchev–Trinajstić information content (AvgIpc) is 3.07. The van der Waals surface area contributed by atoms with Crippen LogP contribution in [0.2, 0.25) is 0 Å². The number of rotatable bonds is 2. The first-order valence-corrected chi connectivity index (χ1v) is 7.96. The van der Waals surface area contributed by atoms with Crippen LogP contribution in [0.1, 0.15) is 12.8 Å². The Labute approximate surface area is 126 Å². The van der Waals surface area contributed by atoms with Crippen molar-refractivity contribution in [3.63, 3.8) is 0 Å². The SMILES string of the molecule is OC1CCN(c2nn3cc(-c4ccccc4)nc3s2)CC1. The van der Waals surface area contributed by atoms with Gasteiger partial charge in [0, 0.05) is 18.7 Å². The molecule has 0 unspecified atom stereocenters. The molecule has 0 amide bonds. The van der Waals surface area contributed by atoms with E-state index < -0.39 is 0 Å². The quantitative estimate of drug-likeness (QED) is 0.789. The minimum atomic E-state index is -0.157. The summed E-state index contributed by atoms with van der Waals surface area (Å²) >= 11 is 1.61. The van der Waals surface area contributed by atoms with E-state index in [1.165, 1.54) is 0 Å². The molecule has 2 aromatic heterocycles. The van der Waals surface area contributed by atoms with Gasteiger partial charge < -0.3 is 10.0 Å². The van der Waals surface area contributed by atoms with E-state index in [9.17, 15) is 5.11 Å². The topological polar surface area (TPSA) is 53.7 Å². The van der Waals surface area contributed by atoms with Gasteiger partial charge in [-0.15, -0.1) is 5.10 Å². The number of piperidine rings is 1. The van der Waals surface area contributed by atoms with Gasteiger partial charge in [-0.25, -0.2) is 9.50 Å². The highest BCUT2D eigenvalue weighted by Crippen LogP contribution is 2.28. The number of benzene rings is 1. The van der Waals surface area contributed by atoms with Crippen LogP contribution in [-0.4, -0.2) is 38.9 Å². The largest absolute Gasteiger partial charge is 0.393 e. The molecule has 0 bridgehead atoms. The zero-order valence-electron chi connectivity index (χ0n) is 11.5. The van der Waals surface area contributed by atoms with Gasteiger partial charge in [-0.05, 0) is 12.8 Å². The number of nitrogens with zero attached hydrogens (tertiary/aromatic N) is 4. The Bertz CT molecular complexity index is 712. The lowest BCUT2D eigenvalue weighted by Crippen LogP contribution is -2.35. The smallest absolute Gasteiger partial charge is 0.214 e. The molecule has 3 heterocycles. The second-order valence-corrected chi connectivity index (χ2v) is 6.26. The molecule has 0 spiro atoms. The Hall–Kier alpha value is -1.92. The molecule has 21 heavy (non-hydrogen) atoms. The van der Waals surface area contributed by atoms with Gasteiger partial charge in [-0.2, -0.15) is 0 Å². The normalized spacial score (nSPS) is 16.7. The Balaban J connectivity index is 1.62. The van der Waals surface area contributed by atoms with E-state index in [2.05, 4.69) is 27.1 Å². The van der Waals surface area contributed by atoms with Crippen LogP contribution in [0.25, 0.3) is 16.2 Å². The molecule has 1 aliphatic rings. The molecule has 1 fully saturated rings. The molecule has 0 aliphatic carbocycles. The lowest BCUT2D eigenvalue weighted by molar-refractivity contribution is 0.145. The molecule has 3 aromatic rings. The highest BCUT2D eigenvalue weighted by atomic mass is 32.1. The maximum atomic E-state index is 9.57. The van der Waals surface area contributed by atoms with Crippen LogP contribution in [0.4, 0.5) is 5.13 Å². The summed E-state index contributed by atoms with van der Waals surface area (Å²) in [6.07, 6.45) is 3.45. The first-order valence-electron chi connectivity index (χ1n) is 7.14. The number of aromatic nitrogens is 3. The van der Waals surface area contributed by atoms with Crippen molar-refractivity contribution in [1.82, 2.24) is 14.6 Å². The standard InChI is InChI=1S/C15H16N4OS/c20-12-6-8-18(9-7-12)15-17-19-10-13(16-14(19)21-15)11-4-2-1-3-5-11/h1-5,10,12,20H,6-9H2. The van der Waals surface area contributed by atoms with Crippen molar-refractivity contribution in [2.75, 3.05) is 18.0 Å². The first-order chi connectivity index (χ1) is 10.3. The number of fused-ring (bicyclic) bond motifs is 1. The second kappa shape index (κ2) is 5.13. The van der Waals surface area contributed by atoms with Gasteiger partial charge in [0.2, 0.25) is 10.1 Å². The lowest BCUT2D eigenvalue weighted by Gasteiger charge is -2.28. The summed E-state index contributed by atoms with van der Waals surface area (Å²) in [5.74, 6) is 0. The maximum absolute atomic E-state index is 9.57.